The standard InChI is InChI=1S/C33H49N5O5/c1-4-21(3)29-33(43)38-18-12-11-17-28(38)32(42)35-26(16-8-6-7-13-23(39)5-2)30(40)36-27(31(41)37-29)19-22-20-34-25-15-10-9-14-24(22)25/h9-10,14-15,20-21,26-29,33-34,43H,4-8,11-13,16-19H2,1-3H3,(H,35,42)(H,36,40)(H,37,41)/t21?,26-,27-,28+,29-,33?/m0/s1. The molecule has 6 atom stereocenters. The lowest BCUT2D eigenvalue weighted by molar-refractivity contribution is -0.144. The van der Waals surface area contributed by atoms with Gasteiger partial charge in [0.1, 0.15) is 24.1 Å². The van der Waals surface area contributed by atoms with Crippen LogP contribution >= 0.6 is 0 Å². The average molecular weight is 596 g/mol. The first kappa shape index (κ1) is 32.7. The lowest BCUT2D eigenvalue weighted by Gasteiger charge is -2.43. The Bertz CT molecular complexity index is 1260. The van der Waals surface area contributed by atoms with E-state index in [4.69, 9.17) is 0 Å². The van der Waals surface area contributed by atoms with Gasteiger partial charge in [-0.15, -0.1) is 0 Å². The molecule has 3 heterocycles. The van der Waals surface area contributed by atoms with Gasteiger partial charge in [0, 0.05) is 42.9 Å². The van der Waals surface area contributed by atoms with Crippen molar-refractivity contribution in [2.45, 2.75) is 122 Å². The number of aliphatic hydroxyl groups is 1. The van der Waals surface area contributed by atoms with E-state index in [2.05, 4.69) is 20.9 Å². The number of rotatable bonds is 11. The molecule has 0 bridgehead atoms. The van der Waals surface area contributed by atoms with Gasteiger partial charge in [-0.1, -0.05) is 64.7 Å². The molecule has 43 heavy (non-hydrogen) atoms. The maximum absolute atomic E-state index is 14.0. The number of benzene rings is 1. The molecule has 10 heteroatoms. The van der Waals surface area contributed by atoms with Crippen LogP contribution in [0.3, 0.4) is 0 Å². The van der Waals surface area contributed by atoms with Gasteiger partial charge >= 0.3 is 0 Å². The number of piperidine rings is 1. The first-order valence-corrected chi connectivity index (χ1v) is 16.1. The van der Waals surface area contributed by atoms with Gasteiger partial charge in [0.15, 0.2) is 0 Å². The van der Waals surface area contributed by atoms with Crippen molar-refractivity contribution in [2.24, 2.45) is 5.92 Å². The number of carbonyl (C=O) groups excluding carboxylic acids is 4. The van der Waals surface area contributed by atoms with Crippen molar-refractivity contribution in [1.82, 2.24) is 25.8 Å². The Labute approximate surface area is 254 Å². The van der Waals surface area contributed by atoms with Gasteiger partial charge in [0.25, 0.3) is 0 Å². The number of hydrogen-bond donors (Lipinski definition) is 5. The third-order valence-electron chi connectivity index (χ3n) is 9.28. The number of aliphatic hydroxyl groups excluding tert-OH is 1. The van der Waals surface area contributed by atoms with Crippen LogP contribution in [0, 0.1) is 5.92 Å². The summed E-state index contributed by atoms with van der Waals surface area (Å²) in [5.41, 5.74) is 1.83. The van der Waals surface area contributed by atoms with Crippen molar-refractivity contribution >= 4 is 34.4 Å². The molecule has 2 aromatic rings. The van der Waals surface area contributed by atoms with Crippen molar-refractivity contribution in [1.29, 1.82) is 0 Å². The average Bonchev–Trinajstić information content (AvgIpc) is 3.43. The van der Waals surface area contributed by atoms with Crippen LogP contribution in [0.25, 0.3) is 10.9 Å². The van der Waals surface area contributed by atoms with Crippen LogP contribution in [0.2, 0.25) is 0 Å². The Morgan fingerprint density at radius 2 is 1.72 bits per heavy atom. The Balaban J connectivity index is 1.63. The number of aromatic amines is 1. The van der Waals surface area contributed by atoms with Crippen molar-refractivity contribution in [3.05, 3.63) is 36.0 Å². The highest BCUT2D eigenvalue weighted by atomic mass is 16.3. The molecule has 2 fully saturated rings. The lowest BCUT2D eigenvalue weighted by Crippen LogP contribution is -2.65. The number of carbonyl (C=O) groups is 4. The fraction of sp³-hybridized carbons (Fsp3) is 0.636. The van der Waals surface area contributed by atoms with Gasteiger partial charge in [-0.05, 0) is 43.2 Å². The number of aromatic nitrogens is 1. The molecule has 1 aromatic heterocycles. The monoisotopic (exact) mass is 595 g/mol. The number of Topliss-reactive ketones (excluding diaryl/α,β-unsaturated/α-hetero) is 1. The maximum atomic E-state index is 14.0. The summed E-state index contributed by atoms with van der Waals surface area (Å²) in [5, 5.41) is 21.7. The molecule has 1 aromatic carbocycles. The van der Waals surface area contributed by atoms with Crippen molar-refractivity contribution < 1.29 is 24.3 Å². The molecule has 10 nitrogen and oxygen atoms in total. The number of ketones is 1. The van der Waals surface area contributed by atoms with Crippen LogP contribution in [0.4, 0.5) is 0 Å². The third-order valence-corrected chi connectivity index (χ3v) is 9.28. The Kier molecular flexibility index (Phi) is 11.8. The highest BCUT2D eigenvalue weighted by Gasteiger charge is 2.41. The van der Waals surface area contributed by atoms with E-state index >= 15 is 0 Å². The van der Waals surface area contributed by atoms with Crippen LogP contribution in [0.5, 0.6) is 0 Å². The molecule has 0 spiro atoms. The predicted octanol–water partition coefficient (Wildman–Crippen LogP) is 3.33. The molecule has 0 saturated carbocycles. The molecule has 2 unspecified atom stereocenters. The van der Waals surface area contributed by atoms with Crippen molar-refractivity contribution in [2.75, 3.05) is 6.54 Å². The summed E-state index contributed by atoms with van der Waals surface area (Å²) in [4.78, 5) is 58.2. The van der Waals surface area contributed by atoms with Gasteiger partial charge in [-0.3, -0.25) is 24.1 Å². The minimum absolute atomic E-state index is 0.0655. The highest BCUT2D eigenvalue weighted by Crippen LogP contribution is 2.25. The summed E-state index contributed by atoms with van der Waals surface area (Å²) < 4.78 is 0. The third kappa shape index (κ3) is 8.23. The summed E-state index contributed by atoms with van der Waals surface area (Å²) in [6.45, 7) is 6.38. The van der Waals surface area contributed by atoms with Gasteiger partial charge in [-0.2, -0.15) is 0 Å². The number of nitrogens with one attached hydrogen (secondary N) is 4. The predicted molar refractivity (Wildman–Crippen MR) is 166 cm³/mol. The minimum Gasteiger partial charge on any atom is -0.376 e. The fourth-order valence-corrected chi connectivity index (χ4v) is 6.35. The molecule has 5 N–H and O–H groups in total. The first-order chi connectivity index (χ1) is 20.7. The molecule has 2 aliphatic rings. The molecule has 3 amide bonds. The number of unbranched alkanes of at least 4 members (excludes halogenated alkanes) is 2. The number of amides is 3. The van der Waals surface area contributed by atoms with Crippen LogP contribution in [-0.4, -0.2) is 75.4 Å². The first-order valence-electron chi connectivity index (χ1n) is 16.1. The van der Waals surface area contributed by atoms with E-state index < -0.39 is 36.3 Å². The molecule has 2 aliphatic heterocycles. The highest BCUT2D eigenvalue weighted by molar-refractivity contribution is 5.94. The normalized spacial score (nSPS) is 26.4. The quantitative estimate of drug-likeness (QED) is 0.252. The number of H-pyrrole nitrogens is 1. The molecule has 4 rings (SSSR count). The van der Waals surface area contributed by atoms with Gasteiger partial charge in [0.2, 0.25) is 17.7 Å². The SMILES string of the molecule is CCC(=O)CCCCC[C@@H]1NC(=O)[C@H]2CCCCN2C(O)[C@H](C(C)CC)NC(=O)[C@H](Cc2c[nH]c3ccccc23)NC1=O. The van der Waals surface area contributed by atoms with E-state index in [0.717, 1.165) is 48.6 Å². The molecule has 2 saturated heterocycles. The van der Waals surface area contributed by atoms with Crippen LogP contribution < -0.4 is 16.0 Å². The van der Waals surface area contributed by atoms with Crippen LogP contribution in [0.15, 0.2) is 30.5 Å². The molecule has 0 aliphatic carbocycles. The topological polar surface area (TPSA) is 144 Å². The maximum Gasteiger partial charge on any atom is 0.243 e. The second kappa shape index (κ2) is 15.5. The van der Waals surface area contributed by atoms with Crippen molar-refractivity contribution in [3.63, 3.8) is 0 Å². The molecule has 0 radical (unpaired) electrons. The fourth-order valence-electron chi connectivity index (χ4n) is 6.35. The molecular weight excluding hydrogens is 546 g/mol. The summed E-state index contributed by atoms with van der Waals surface area (Å²) in [6, 6.07) is 4.85. The zero-order valence-electron chi connectivity index (χ0n) is 25.9. The Morgan fingerprint density at radius 3 is 2.49 bits per heavy atom. The van der Waals surface area contributed by atoms with Crippen LogP contribution in [-0.2, 0) is 25.6 Å². The number of hydrogen-bond acceptors (Lipinski definition) is 6. The number of fused-ring (bicyclic) bond motifs is 2. The summed E-state index contributed by atoms with van der Waals surface area (Å²) >= 11 is 0. The molecular formula is C33H49N5O5. The van der Waals surface area contributed by atoms with E-state index in [0.29, 0.717) is 38.6 Å². The van der Waals surface area contributed by atoms with E-state index in [1.54, 1.807) is 4.90 Å². The summed E-state index contributed by atoms with van der Waals surface area (Å²) in [6.07, 6.45) is 7.60. The minimum atomic E-state index is -1.05. The van der Waals surface area contributed by atoms with E-state index in [9.17, 15) is 24.3 Å². The zero-order chi connectivity index (χ0) is 30.9. The van der Waals surface area contributed by atoms with Gasteiger partial charge < -0.3 is 26.0 Å². The smallest absolute Gasteiger partial charge is 0.243 e. The van der Waals surface area contributed by atoms with Crippen molar-refractivity contribution in [3.8, 4) is 0 Å². The second-order valence-corrected chi connectivity index (χ2v) is 12.3. The molecule has 236 valence electrons. The van der Waals surface area contributed by atoms with Gasteiger partial charge in [-0.25, -0.2) is 0 Å². The van der Waals surface area contributed by atoms with E-state index in [1.807, 2.05) is 51.2 Å². The number of nitrogens with zero attached hydrogens (tertiary/aromatic N) is 1. The lowest BCUT2D eigenvalue weighted by atomic mass is 9.92. The number of para-hydroxylation sites is 1. The van der Waals surface area contributed by atoms with Crippen LogP contribution in [0.1, 0.15) is 90.5 Å². The van der Waals surface area contributed by atoms with E-state index in [1.165, 1.54) is 0 Å². The summed E-state index contributed by atoms with van der Waals surface area (Å²) in [5.74, 6) is -0.885. The summed E-state index contributed by atoms with van der Waals surface area (Å²) in [7, 11) is 0. The van der Waals surface area contributed by atoms with Gasteiger partial charge in [0.05, 0.1) is 12.1 Å². The Morgan fingerprint density at radius 1 is 0.977 bits per heavy atom. The zero-order valence-corrected chi connectivity index (χ0v) is 25.9. The Hall–Kier alpha value is -3.24. The van der Waals surface area contributed by atoms with E-state index in [-0.39, 0.29) is 29.9 Å². The largest absolute Gasteiger partial charge is 0.376 e. The second-order valence-electron chi connectivity index (χ2n) is 12.3.